The van der Waals surface area contributed by atoms with Gasteiger partial charge in [0.1, 0.15) is 6.61 Å². The minimum absolute atomic E-state index is 0.0589. The molecule has 0 aliphatic rings. The lowest BCUT2D eigenvalue weighted by molar-refractivity contribution is -0.161. The highest BCUT2D eigenvalue weighted by Crippen LogP contribution is 2.20. The van der Waals surface area contributed by atoms with E-state index in [-0.39, 0.29) is 25.2 Å². The molecular formula is C83H154O5. The molecule has 0 amide bonds. The van der Waals surface area contributed by atoms with Gasteiger partial charge in [0.15, 0.2) is 6.10 Å². The van der Waals surface area contributed by atoms with Crippen molar-refractivity contribution in [2.75, 3.05) is 13.2 Å². The molecule has 0 saturated carbocycles. The Labute approximate surface area is 551 Å². The highest BCUT2D eigenvalue weighted by Gasteiger charge is 2.16. The number of aliphatic hydroxyl groups is 1. The quantitative estimate of drug-likeness (QED) is 0.0373. The first kappa shape index (κ1) is 85.6. The predicted octanol–water partition coefficient (Wildman–Crippen LogP) is 28.0. The van der Waals surface area contributed by atoms with E-state index in [0.717, 1.165) is 57.8 Å². The number of hydrogen-bond acceptors (Lipinski definition) is 5. The molecule has 0 saturated heterocycles. The third kappa shape index (κ3) is 76.1. The van der Waals surface area contributed by atoms with Crippen LogP contribution in [0.25, 0.3) is 0 Å². The molecular weight excluding hydrogens is 1080 g/mol. The Morgan fingerprint density at radius 1 is 0.273 bits per heavy atom. The molecule has 0 heterocycles. The van der Waals surface area contributed by atoms with Crippen LogP contribution in [0.5, 0.6) is 0 Å². The molecule has 1 N–H and O–H groups in total. The van der Waals surface area contributed by atoms with Gasteiger partial charge >= 0.3 is 11.9 Å². The maximum Gasteiger partial charge on any atom is 0.306 e. The van der Waals surface area contributed by atoms with E-state index in [1.165, 1.54) is 353 Å². The van der Waals surface area contributed by atoms with Gasteiger partial charge in [0.05, 0.1) is 6.61 Å². The first-order chi connectivity index (χ1) is 43.6. The SMILES string of the molecule is CC/C=C\C/C=C\C/C=C\C/C=C\CCCCCCCCCCCCCCCCCCCCCCCCCCCCCCC(=O)OC(CO)COC(=O)CCCCCCCCCCCCCCCCCCCCCCC/C=C\CCCCCCCCCC. The molecule has 1 unspecified atom stereocenters. The summed E-state index contributed by atoms with van der Waals surface area (Å²) in [6, 6.07) is 0. The highest BCUT2D eigenvalue weighted by molar-refractivity contribution is 5.70. The number of aliphatic hydroxyl groups excluding tert-OH is 1. The van der Waals surface area contributed by atoms with Crippen LogP contribution in [-0.4, -0.2) is 36.4 Å². The molecule has 88 heavy (non-hydrogen) atoms. The minimum Gasteiger partial charge on any atom is -0.462 e. The highest BCUT2D eigenvalue weighted by atomic mass is 16.6. The minimum atomic E-state index is -0.771. The standard InChI is InChI=1S/C83H154O5/c1-3-5-7-9-11-13-15-17-19-21-23-25-27-29-31-33-35-37-38-39-40-41-42-43-44-46-48-50-52-54-56-58-60-62-64-66-68-70-72-74-76-78-83(86)88-81(79-84)80-87-82(85)77-75-73-71-69-67-65-63-61-59-57-55-53-51-49-47-45-36-34-32-30-28-26-24-22-20-18-16-14-12-10-8-6-4-2/h5,7,11,13,17,19,22-25,81,84H,3-4,6,8-10,12,14-16,18,20-21,26-80H2,1-2H3/b7-5-,13-11-,19-17-,24-22-,25-23-. The Bertz CT molecular complexity index is 1490. The van der Waals surface area contributed by atoms with Crippen LogP contribution < -0.4 is 0 Å². The van der Waals surface area contributed by atoms with Gasteiger partial charge in [-0.15, -0.1) is 0 Å². The molecule has 5 heteroatoms. The number of ether oxygens (including phenoxy) is 2. The molecule has 0 fully saturated rings. The van der Waals surface area contributed by atoms with E-state index in [1.807, 2.05) is 0 Å². The normalized spacial score (nSPS) is 12.4. The summed E-state index contributed by atoms with van der Waals surface area (Å²) in [5.41, 5.74) is 0. The average Bonchev–Trinajstić information content (AvgIpc) is 3.56. The number of rotatable bonds is 75. The smallest absolute Gasteiger partial charge is 0.306 e. The molecule has 0 aromatic carbocycles. The van der Waals surface area contributed by atoms with Crippen LogP contribution in [0.15, 0.2) is 60.8 Å². The zero-order valence-corrected chi connectivity index (χ0v) is 59.5. The summed E-state index contributed by atoms with van der Waals surface area (Å²) in [7, 11) is 0. The number of carbonyl (C=O) groups is 2. The Balaban J connectivity index is 3.36. The second-order valence-corrected chi connectivity index (χ2v) is 27.1. The summed E-state index contributed by atoms with van der Waals surface area (Å²) in [5, 5.41) is 9.73. The van der Waals surface area contributed by atoms with E-state index in [4.69, 9.17) is 9.47 Å². The summed E-state index contributed by atoms with van der Waals surface area (Å²) in [4.78, 5) is 24.7. The van der Waals surface area contributed by atoms with Crippen LogP contribution in [0.3, 0.4) is 0 Å². The van der Waals surface area contributed by atoms with Crippen molar-refractivity contribution in [1.29, 1.82) is 0 Å². The summed E-state index contributed by atoms with van der Waals surface area (Å²) in [6.45, 7) is 4.09. The Morgan fingerprint density at radius 3 is 0.750 bits per heavy atom. The van der Waals surface area contributed by atoms with E-state index in [1.54, 1.807) is 0 Å². The lowest BCUT2D eigenvalue weighted by Crippen LogP contribution is -2.28. The predicted molar refractivity (Wildman–Crippen MR) is 390 cm³/mol. The van der Waals surface area contributed by atoms with Gasteiger partial charge in [-0.25, -0.2) is 0 Å². The third-order valence-electron chi connectivity index (χ3n) is 18.3. The summed E-state index contributed by atoms with van der Waals surface area (Å²) < 4.78 is 10.8. The van der Waals surface area contributed by atoms with E-state index in [2.05, 4.69) is 74.6 Å². The average molecular weight is 1230 g/mol. The van der Waals surface area contributed by atoms with Gasteiger partial charge in [0.25, 0.3) is 0 Å². The van der Waals surface area contributed by atoms with Crippen molar-refractivity contribution in [3.8, 4) is 0 Å². The fourth-order valence-corrected chi connectivity index (χ4v) is 12.4. The van der Waals surface area contributed by atoms with Gasteiger partial charge < -0.3 is 14.6 Å². The Morgan fingerprint density at radius 2 is 0.489 bits per heavy atom. The zero-order valence-electron chi connectivity index (χ0n) is 59.5. The molecule has 0 aromatic heterocycles. The number of carbonyl (C=O) groups excluding carboxylic acids is 2. The van der Waals surface area contributed by atoms with Crippen LogP contribution >= 0.6 is 0 Å². The van der Waals surface area contributed by atoms with E-state index < -0.39 is 6.10 Å². The molecule has 0 spiro atoms. The molecule has 0 rings (SSSR count). The van der Waals surface area contributed by atoms with Crippen LogP contribution in [0.1, 0.15) is 438 Å². The zero-order chi connectivity index (χ0) is 63.3. The van der Waals surface area contributed by atoms with E-state index in [0.29, 0.717) is 12.8 Å². The van der Waals surface area contributed by atoms with Crippen molar-refractivity contribution in [1.82, 2.24) is 0 Å². The number of esters is 2. The molecule has 0 aromatic rings. The monoisotopic (exact) mass is 1230 g/mol. The lowest BCUT2D eigenvalue weighted by atomic mass is 10.0. The molecule has 0 bridgehead atoms. The maximum atomic E-state index is 12.4. The largest absolute Gasteiger partial charge is 0.462 e. The molecule has 0 radical (unpaired) electrons. The Kier molecular flexibility index (Phi) is 76.7. The molecule has 0 aliphatic heterocycles. The summed E-state index contributed by atoms with van der Waals surface area (Å²) in [5.74, 6) is -0.563. The second-order valence-electron chi connectivity index (χ2n) is 27.1. The van der Waals surface area contributed by atoms with Crippen molar-refractivity contribution in [3.05, 3.63) is 60.8 Å². The fraction of sp³-hybridized carbons (Fsp3) is 0.855. The lowest BCUT2D eigenvalue weighted by Gasteiger charge is -2.15. The summed E-state index contributed by atoms with van der Waals surface area (Å²) in [6.07, 6.45) is 109. The van der Waals surface area contributed by atoms with Gasteiger partial charge in [-0.2, -0.15) is 0 Å². The number of allylic oxidation sites excluding steroid dienone is 10. The fourth-order valence-electron chi connectivity index (χ4n) is 12.4. The number of hydrogen-bond donors (Lipinski definition) is 1. The molecule has 1 atom stereocenters. The molecule has 0 aliphatic carbocycles. The van der Waals surface area contributed by atoms with Crippen LogP contribution in [0, 0.1) is 0 Å². The number of unbranched alkanes of at least 4 members (excludes halogenated alkanes) is 57. The first-order valence-corrected chi connectivity index (χ1v) is 39.8. The Hall–Kier alpha value is -2.40. The summed E-state index contributed by atoms with van der Waals surface area (Å²) >= 11 is 0. The van der Waals surface area contributed by atoms with Crippen molar-refractivity contribution < 1.29 is 24.2 Å². The van der Waals surface area contributed by atoms with E-state index >= 15 is 0 Å². The van der Waals surface area contributed by atoms with Gasteiger partial charge in [0, 0.05) is 12.8 Å². The molecule has 5 nitrogen and oxygen atoms in total. The van der Waals surface area contributed by atoms with Crippen LogP contribution in [0.4, 0.5) is 0 Å². The third-order valence-corrected chi connectivity index (χ3v) is 18.3. The molecule has 516 valence electrons. The van der Waals surface area contributed by atoms with Gasteiger partial charge in [0.2, 0.25) is 0 Å². The van der Waals surface area contributed by atoms with Crippen molar-refractivity contribution in [3.63, 3.8) is 0 Å². The maximum absolute atomic E-state index is 12.4. The first-order valence-electron chi connectivity index (χ1n) is 39.8. The second kappa shape index (κ2) is 78.8. The van der Waals surface area contributed by atoms with Crippen molar-refractivity contribution in [2.45, 2.75) is 444 Å². The van der Waals surface area contributed by atoms with E-state index in [9.17, 15) is 14.7 Å². The topological polar surface area (TPSA) is 72.8 Å². The van der Waals surface area contributed by atoms with Crippen molar-refractivity contribution in [2.24, 2.45) is 0 Å². The van der Waals surface area contributed by atoms with Gasteiger partial charge in [-0.1, -0.05) is 408 Å². The van der Waals surface area contributed by atoms with Gasteiger partial charge in [-0.05, 0) is 77.0 Å². The van der Waals surface area contributed by atoms with Crippen molar-refractivity contribution >= 4 is 11.9 Å². The van der Waals surface area contributed by atoms with Gasteiger partial charge in [-0.3, -0.25) is 9.59 Å². The van der Waals surface area contributed by atoms with Crippen LogP contribution in [0.2, 0.25) is 0 Å². The van der Waals surface area contributed by atoms with Crippen LogP contribution in [-0.2, 0) is 19.1 Å².